The van der Waals surface area contributed by atoms with Crippen molar-refractivity contribution in [3.05, 3.63) is 53.8 Å². The molecule has 0 spiro atoms. The molecule has 0 saturated carbocycles. The Morgan fingerprint density at radius 1 is 1.04 bits per heavy atom. The van der Waals surface area contributed by atoms with Gasteiger partial charge in [-0.25, -0.2) is 17.5 Å². The molecule has 0 atom stereocenters. The molecule has 5 nitrogen and oxygen atoms in total. The number of methoxy groups -OCH3 is 2. The van der Waals surface area contributed by atoms with Gasteiger partial charge in [-0.15, -0.1) is 0 Å². The first-order valence-corrected chi connectivity index (χ1v) is 8.40. The van der Waals surface area contributed by atoms with Crippen LogP contribution in [-0.4, -0.2) is 29.2 Å². The highest BCUT2D eigenvalue weighted by molar-refractivity contribution is 7.89. The van der Waals surface area contributed by atoms with E-state index in [0.717, 1.165) is 0 Å². The molecule has 124 valence electrons. The summed E-state index contributed by atoms with van der Waals surface area (Å²) in [7, 11) is -0.633. The Kier molecular flexibility index (Phi) is 5.57. The zero-order valence-electron chi connectivity index (χ0n) is 12.9. The maximum absolute atomic E-state index is 13.3. The summed E-state index contributed by atoms with van der Waals surface area (Å²) in [5, 5.41) is 0. The van der Waals surface area contributed by atoms with Gasteiger partial charge in [-0.3, -0.25) is 0 Å². The summed E-state index contributed by atoms with van der Waals surface area (Å²) in [5.41, 5.74) is 0.602. The van der Waals surface area contributed by atoms with Gasteiger partial charge in [0.1, 0.15) is 17.3 Å². The van der Waals surface area contributed by atoms with Gasteiger partial charge in [0.2, 0.25) is 10.0 Å². The first-order chi connectivity index (χ1) is 11.0. The number of hydrogen-bond donors (Lipinski definition) is 1. The van der Waals surface area contributed by atoms with Gasteiger partial charge in [0.05, 0.1) is 19.1 Å². The summed E-state index contributed by atoms with van der Waals surface area (Å²) in [4.78, 5) is 0.143. The van der Waals surface area contributed by atoms with E-state index in [1.54, 1.807) is 12.1 Å². The lowest BCUT2D eigenvalue weighted by molar-refractivity contribution is 0.408. The van der Waals surface area contributed by atoms with Gasteiger partial charge in [0.25, 0.3) is 0 Å². The number of ether oxygens (including phenoxy) is 2. The van der Waals surface area contributed by atoms with Crippen LogP contribution >= 0.6 is 0 Å². The van der Waals surface area contributed by atoms with Crippen molar-refractivity contribution in [3.8, 4) is 11.5 Å². The van der Waals surface area contributed by atoms with Crippen molar-refractivity contribution in [2.24, 2.45) is 0 Å². The molecule has 0 aromatic heterocycles. The van der Waals surface area contributed by atoms with Gasteiger partial charge >= 0.3 is 0 Å². The van der Waals surface area contributed by atoms with Gasteiger partial charge in [-0.2, -0.15) is 0 Å². The highest BCUT2D eigenvalue weighted by Gasteiger charge is 2.14. The minimum Gasteiger partial charge on any atom is -0.497 e. The summed E-state index contributed by atoms with van der Waals surface area (Å²) >= 11 is 0. The number of nitrogens with one attached hydrogen (secondary N) is 1. The van der Waals surface area contributed by atoms with E-state index < -0.39 is 10.0 Å². The molecule has 0 aliphatic heterocycles. The number of halogens is 1. The van der Waals surface area contributed by atoms with Crippen molar-refractivity contribution in [1.29, 1.82) is 0 Å². The van der Waals surface area contributed by atoms with Crippen LogP contribution in [0.5, 0.6) is 11.5 Å². The lowest BCUT2D eigenvalue weighted by Crippen LogP contribution is -2.26. The lowest BCUT2D eigenvalue weighted by Gasteiger charge is -2.10. The molecule has 0 bridgehead atoms. The molecule has 1 N–H and O–H groups in total. The third-order valence-corrected chi connectivity index (χ3v) is 4.78. The summed E-state index contributed by atoms with van der Waals surface area (Å²) < 4.78 is 50.3. The van der Waals surface area contributed by atoms with Crippen molar-refractivity contribution in [3.63, 3.8) is 0 Å². The predicted molar refractivity (Wildman–Crippen MR) is 84.8 cm³/mol. The van der Waals surface area contributed by atoms with Crippen molar-refractivity contribution in [2.75, 3.05) is 20.8 Å². The zero-order chi connectivity index (χ0) is 16.9. The monoisotopic (exact) mass is 339 g/mol. The molecule has 2 aromatic rings. The van der Waals surface area contributed by atoms with E-state index in [4.69, 9.17) is 9.47 Å². The highest BCUT2D eigenvalue weighted by atomic mass is 32.2. The summed E-state index contributed by atoms with van der Waals surface area (Å²) in [6.07, 6.45) is 0.316. The Balaban J connectivity index is 2.03. The fraction of sp³-hybridized carbons (Fsp3) is 0.250. The fourth-order valence-electron chi connectivity index (χ4n) is 2.10. The van der Waals surface area contributed by atoms with Crippen molar-refractivity contribution >= 4 is 10.0 Å². The smallest absolute Gasteiger partial charge is 0.240 e. The number of hydrogen-bond acceptors (Lipinski definition) is 4. The third kappa shape index (κ3) is 4.43. The van der Waals surface area contributed by atoms with E-state index in [1.165, 1.54) is 44.6 Å². The first-order valence-electron chi connectivity index (χ1n) is 6.92. The topological polar surface area (TPSA) is 64.6 Å². The molecule has 0 heterocycles. The predicted octanol–water partition coefficient (Wildman–Crippen LogP) is 2.36. The molecule has 7 heteroatoms. The average molecular weight is 339 g/mol. The molecule has 2 rings (SSSR count). The minimum absolute atomic E-state index is 0.133. The number of rotatable bonds is 7. The van der Waals surface area contributed by atoms with E-state index >= 15 is 0 Å². The van der Waals surface area contributed by atoms with Crippen LogP contribution in [0.1, 0.15) is 5.56 Å². The maximum atomic E-state index is 13.3. The van der Waals surface area contributed by atoms with Crippen molar-refractivity contribution in [1.82, 2.24) is 4.72 Å². The Hall–Kier alpha value is -2.12. The van der Waals surface area contributed by atoms with Crippen LogP contribution in [0.2, 0.25) is 0 Å². The number of benzene rings is 2. The zero-order valence-corrected chi connectivity index (χ0v) is 13.7. The molecule has 0 radical (unpaired) electrons. The van der Waals surface area contributed by atoms with E-state index in [2.05, 4.69) is 4.72 Å². The second-order valence-electron chi connectivity index (χ2n) is 4.78. The Morgan fingerprint density at radius 2 is 1.74 bits per heavy atom. The minimum atomic E-state index is -3.63. The largest absolute Gasteiger partial charge is 0.497 e. The number of sulfonamides is 1. The van der Waals surface area contributed by atoms with Crippen LogP contribution in [0.4, 0.5) is 4.39 Å². The van der Waals surface area contributed by atoms with Gasteiger partial charge in [0.15, 0.2) is 0 Å². The summed E-state index contributed by atoms with van der Waals surface area (Å²) in [6, 6.07) is 10.2. The maximum Gasteiger partial charge on any atom is 0.240 e. The van der Waals surface area contributed by atoms with E-state index in [1.807, 2.05) is 0 Å². The molecule has 0 aliphatic rings. The lowest BCUT2D eigenvalue weighted by atomic mass is 10.1. The average Bonchev–Trinajstić information content (AvgIpc) is 2.55. The van der Waals surface area contributed by atoms with Crippen LogP contribution in [-0.2, 0) is 16.4 Å². The molecule has 0 unspecified atom stereocenters. The van der Waals surface area contributed by atoms with Crippen LogP contribution in [0.25, 0.3) is 0 Å². The second kappa shape index (κ2) is 7.43. The molecule has 2 aromatic carbocycles. The molecule has 0 aliphatic carbocycles. The van der Waals surface area contributed by atoms with E-state index in [-0.39, 0.29) is 17.3 Å². The normalized spacial score (nSPS) is 11.3. The fourth-order valence-corrected chi connectivity index (χ4v) is 3.13. The third-order valence-electron chi connectivity index (χ3n) is 3.30. The van der Waals surface area contributed by atoms with E-state index in [0.29, 0.717) is 23.5 Å². The molecule has 0 amide bonds. The quantitative estimate of drug-likeness (QED) is 0.841. The first kappa shape index (κ1) is 17.2. The van der Waals surface area contributed by atoms with Crippen LogP contribution in [0, 0.1) is 5.82 Å². The SMILES string of the molecule is COc1ccc(S(=O)(=O)NCCc2cc(F)ccc2OC)cc1. The van der Waals surface area contributed by atoms with Gasteiger partial charge in [-0.05, 0) is 54.4 Å². The molecule has 0 saturated heterocycles. The summed E-state index contributed by atoms with van der Waals surface area (Å²) in [6.45, 7) is 0.133. The standard InChI is InChI=1S/C16H18FNO4S/c1-21-14-4-6-15(7-5-14)23(19,20)18-10-9-12-11-13(17)3-8-16(12)22-2/h3-8,11,18H,9-10H2,1-2H3. The van der Waals surface area contributed by atoms with Crippen LogP contribution < -0.4 is 14.2 Å². The Morgan fingerprint density at radius 3 is 2.35 bits per heavy atom. The Bertz CT molecular complexity index is 760. The second-order valence-corrected chi connectivity index (χ2v) is 6.55. The van der Waals surface area contributed by atoms with Crippen LogP contribution in [0.3, 0.4) is 0 Å². The molecule has 0 fully saturated rings. The van der Waals surface area contributed by atoms with Gasteiger partial charge < -0.3 is 9.47 Å². The van der Waals surface area contributed by atoms with E-state index in [9.17, 15) is 12.8 Å². The molecular weight excluding hydrogens is 321 g/mol. The molecule has 23 heavy (non-hydrogen) atoms. The van der Waals surface area contributed by atoms with Crippen molar-refractivity contribution in [2.45, 2.75) is 11.3 Å². The Labute approximate surface area is 135 Å². The van der Waals surface area contributed by atoms with Gasteiger partial charge in [-0.1, -0.05) is 0 Å². The van der Waals surface area contributed by atoms with Gasteiger partial charge in [0, 0.05) is 6.54 Å². The highest BCUT2D eigenvalue weighted by Crippen LogP contribution is 2.20. The van der Waals surface area contributed by atoms with Crippen molar-refractivity contribution < 1.29 is 22.3 Å². The van der Waals surface area contributed by atoms with Crippen LogP contribution in [0.15, 0.2) is 47.4 Å². The molecular formula is C16H18FNO4S. The summed E-state index contributed by atoms with van der Waals surface area (Å²) in [5.74, 6) is 0.710.